The van der Waals surface area contributed by atoms with Gasteiger partial charge in [-0.05, 0) is 65.7 Å². The van der Waals surface area contributed by atoms with Crippen LogP contribution in [0.15, 0.2) is 186 Å². The van der Waals surface area contributed by atoms with E-state index in [9.17, 15) is 0 Å². The van der Waals surface area contributed by atoms with Crippen LogP contribution < -0.4 is 0 Å². The Morgan fingerprint density at radius 2 is 1.05 bits per heavy atom. The number of hydrogen-bond donors (Lipinski definition) is 0. The minimum atomic E-state index is 0.557. The molecule has 12 aromatic rings. The summed E-state index contributed by atoms with van der Waals surface area (Å²) in [4.78, 5) is 15.8. The molecule has 0 spiro atoms. The van der Waals surface area contributed by atoms with E-state index in [0.717, 1.165) is 71.9 Å². The minimum absolute atomic E-state index is 0.557. The number of nitrogens with zero attached hydrogens (tertiary/aromatic N) is 4. The predicted octanol–water partition coefficient (Wildman–Crippen LogP) is 13.9. The Morgan fingerprint density at radius 1 is 0.421 bits per heavy atom. The summed E-state index contributed by atoms with van der Waals surface area (Å²) in [5.74, 6) is 1.78. The van der Waals surface area contributed by atoms with Crippen molar-refractivity contribution in [2.75, 3.05) is 0 Å². The standard InChI is InChI=1S/C51H30N4OS/c1-3-14-31(15-4-1)32-16-11-17-33(30-32)49-52-50(39-23-13-27-44-45(39)37-21-8-10-26-43(37)57-44)54-51(53-49)40-24-12-22-38-46-42(56-48(38)40)29-28-36-35-20-7-9-25-41(35)55(47(36)46)34-18-5-2-6-19-34/h1-30H. The van der Waals surface area contributed by atoms with Gasteiger partial charge in [0.15, 0.2) is 17.5 Å². The van der Waals surface area contributed by atoms with E-state index in [4.69, 9.17) is 19.4 Å². The van der Waals surface area contributed by atoms with Gasteiger partial charge in [0.25, 0.3) is 0 Å². The Labute approximate surface area is 330 Å². The second-order valence-electron chi connectivity index (χ2n) is 14.3. The van der Waals surface area contributed by atoms with Crippen molar-refractivity contribution in [1.29, 1.82) is 0 Å². The minimum Gasteiger partial charge on any atom is -0.455 e. The second-order valence-corrected chi connectivity index (χ2v) is 15.4. The molecule has 4 heterocycles. The van der Waals surface area contributed by atoms with Gasteiger partial charge >= 0.3 is 0 Å². The summed E-state index contributed by atoms with van der Waals surface area (Å²) in [6.07, 6.45) is 0. The summed E-state index contributed by atoms with van der Waals surface area (Å²) in [6.45, 7) is 0. The van der Waals surface area contributed by atoms with Gasteiger partial charge in [0.2, 0.25) is 0 Å². The molecule has 8 aromatic carbocycles. The van der Waals surface area contributed by atoms with Crippen molar-refractivity contribution >= 4 is 75.3 Å². The van der Waals surface area contributed by atoms with Crippen LogP contribution in [0.4, 0.5) is 0 Å². The first-order valence-corrected chi connectivity index (χ1v) is 19.8. The average Bonchev–Trinajstić information content (AvgIpc) is 3.96. The molecule has 0 radical (unpaired) electrons. The normalized spacial score (nSPS) is 11.9. The van der Waals surface area contributed by atoms with E-state index in [1.807, 2.05) is 6.07 Å². The molecule has 0 unspecified atom stereocenters. The van der Waals surface area contributed by atoms with Crippen LogP contribution in [0.1, 0.15) is 0 Å². The Kier molecular flexibility index (Phi) is 7.03. The topological polar surface area (TPSA) is 56.7 Å². The molecule has 12 rings (SSSR count). The van der Waals surface area contributed by atoms with Crippen LogP contribution in [0.3, 0.4) is 0 Å². The summed E-state index contributed by atoms with van der Waals surface area (Å²) < 4.78 is 11.7. The zero-order valence-electron chi connectivity index (χ0n) is 30.4. The van der Waals surface area contributed by atoms with E-state index in [1.54, 1.807) is 11.3 Å². The van der Waals surface area contributed by atoms with Gasteiger partial charge in [0, 0.05) is 53.1 Å². The highest BCUT2D eigenvalue weighted by molar-refractivity contribution is 7.25. The molecular weight excluding hydrogens is 717 g/mol. The van der Waals surface area contributed by atoms with Crippen LogP contribution in [0.5, 0.6) is 0 Å². The lowest BCUT2D eigenvalue weighted by molar-refractivity contribution is 0.669. The maximum absolute atomic E-state index is 6.90. The lowest BCUT2D eigenvalue weighted by atomic mass is 10.0. The molecule has 5 nitrogen and oxygen atoms in total. The maximum atomic E-state index is 6.90. The molecule has 0 aliphatic carbocycles. The lowest BCUT2D eigenvalue weighted by Crippen LogP contribution is -2.00. The Morgan fingerprint density at radius 3 is 1.93 bits per heavy atom. The molecule has 0 saturated heterocycles. The largest absolute Gasteiger partial charge is 0.455 e. The lowest BCUT2D eigenvalue weighted by Gasteiger charge is -2.11. The van der Waals surface area contributed by atoms with E-state index in [2.05, 4.69) is 180 Å². The van der Waals surface area contributed by atoms with Crippen LogP contribution in [0.2, 0.25) is 0 Å². The van der Waals surface area contributed by atoms with Gasteiger partial charge < -0.3 is 8.98 Å². The quantitative estimate of drug-likeness (QED) is 0.176. The number of hydrogen-bond acceptors (Lipinski definition) is 5. The third kappa shape index (κ3) is 4.98. The first kappa shape index (κ1) is 31.9. The van der Waals surface area contributed by atoms with E-state index >= 15 is 0 Å². The first-order chi connectivity index (χ1) is 28.3. The van der Waals surface area contributed by atoms with Crippen molar-refractivity contribution in [2.24, 2.45) is 0 Å². The van der Waals surface area contributed by atoms with Gasteiger partial charge in [-0.15, -0.1) is 11.3 Å². The van der Waals surface area contributed by atoms with Gasteiger partial charge in [-0.2, -0.15) is 0 Å². The van der Waals surface area contributed by atoms with Gasteiger partial charge in [0.1, 0.15) is 11.2 Å². The van der Waals surface area contributed by atoms with Gasteiger partial charge in [-0.1, -0.05) is 127 Å². The van der Waals surface area contributed by atoms with Crippen molar-refractivity contribution in [1.82, 2.24) is 19.5 Å². The van der Waals surface area contributed by atoms with Crippen molar-refractivity contribution in [3.05, 3.63) is 182 Å². The summed E-state index contributed by atoms with van der Waals surface area (Å²) >= 11 is 1.79. The molecular formula is C51H30N4OS. The van der Waals surface area contributed by atoms with Crippen LogP contribution in [0.25, 0.3) is 115 Å². The molecule has 266 valence electrons. The molecule has 0 aliphatic rings. The molecule has 6 heteroatoms. The van der Waals surface area contributed by atoms with E-state index in [-0.39, 0.29) is 0 Å². The second kappa shape index (κ2) is 12.6. The van der Waals surface area contributed by atoms with E-state index < -0.39 is 0 Å². The zero-order chi connectivity index (χ0) is 37.5. The average molecular weight is 747 g/mol. The number of fused-ring (bicyclic) bond motifs is 10. The third-order valence-corrected chi connectivity index (χ3v) is 12.2. The van der Waals surface area contributed by atoms with E-state index in [0.29, 0.717) is 17.5 Å². The number of aromatic nitrogens is 4. The molecule has 0 aliphatic heterocycles. The fraction of sp³-hybridized carbons (Fsp3) is 0. The fourth-order valence-electron chi connectivity index (χ4n) is 8.53. The van der Waals surface area contributed by atoms with Crippen LogP contribution in [-0.4, -0.2) is 19.5 Å². The van der Waals surface area contributed by atoms with Crippen molar-refractivity contribution in [2.45, 2.75) is 0 Å². The SMILES string of the molecule is c1ccc(-c2cccc(-c3nc(-c4cccc5c4oc4ccc6c7ccccc7n(-c7ccccc7)c6c45)nc(-c4cccc5sc6ccccc6c45)n3)c2)cc1. The molecule has 0 N–H and O–H groups in total. The molecule has 0 amide bonds. The Balaban J connectivity index is 1.14. The van der Waals surface area contributed by atoms with Gasteiger partial charge in [-0.25, -0.2) is 15.0 Å². The molecule has 57 heavy (non-hydrogen) atoms. The highest BCUT2D eigenvalue weighted by Gasteiger charge is 2.23. The summed E-state index contributed by atoms with van der Waals surface area (Å²) in [5, 5.41) is 6.78. The first-order valence-electron chi connectivity index (χ1n) is 19.0. The van der Waals surface area contributed by atoms with Gasteiger partial charge in [-0.3, -0.25) is 0 Å². The number of thiophene rings is 1. The Bertz CT molecular complexity index is 3530. The highest BCUT2D eigenvalue weighted by Crippen LogP contribution is 2.44. The summed E-state index contributed by atoms with van der Waals surface area (Å²) in [6, 6.07) is 63.6. The molecule has 0 fully saturated rings. The highest BCUT2D eigenvalue weighted by atomic mass is 32.1. The fourth-order valence-corrected chi connectivity index (χ4v) is 9.67. The van der Waals surface area contributed by atoms with Crippen LogP contribution >= 0.6 is 11.3 Å². The summed E-state index contributed by atoms with van der Waals surface area (Å²) in [5.41, 5.74) is 9.84. The maximum Gasteiger partial charge on any atom is 0.167 e. The predicted molar refractivity (Wildman–Crippen MR) is 236 cm³/mol. The van der Waals surface area contributed by atoms with Crippen LogP contribution in [0, 0.1) is 0 Å². The summed E-state index contributed by atoms with van der Waals surface area (Å²) in [7, 11) is 0. The third-order valence-electron chi connectivity index (χ3n) is 11.1. The number of rotatable bonds is 5. The molecule has 0 bridgehead atoms. The number of para-hydroxylation sites is 3. The van der Waals surface area contributed by atoms with E-state index in [1.165, 1.54) is 25.6 Å². The van der Waals surface area contributed by atoms with Crippen LogP contribution in [-0.2, 0) is 0 Å². The number of benzene rings is 8. The molecule has 4 aromatic heterocycles. The van der Waals surface area contributed by atoms with Gasteiger partial charge in [0.05, 0.1) is 22.0 Å². The molecule has 0 atom stereocenters. The van der Waals surface area contributed by atoms with Crippen molar-refractivity contribution in [3.8, 4) is 51.0 Å². The molecule has 0 saturated carbocycles. The Hall–Kier alpha value is -7.41. The van der Waals surface area contributed by atoms with Crippen molar-refractivity contribution in [3.63, 3.8) is 0 Å². The van der Waals surface area contributed by atoms with Crippen molar-refractivity contribution < 1.29 is 4.42 Å². The number of furan rings is 1. The zero-order valence-corrected chi connectivity index (χ0v) is 31.2. The monoisotopic (exact) mass is 746 g/mol. The smallest absolute Gasteiger partial charge is 0.167 e.